The number of aliphatic carboxylic acids is 1. The van der Waals surface area contributed by atoms with Crippen LogP contribution in [0, 0.1) is 0 Å². The molecule has 0 heterocycles. The zero-order valence-corrected chi connectivity index (χ0v) is 19.8. The van der Waals surface area contributed by atoms with Gasteiger partial charge in [-0.2, -0.15) is 0 Å². The Hall–Kier alpha value is -2.77. The molecule has 1 N–H and O–H groups in total. The number of carboxylic acid groups (broad SMARTS) is 1. The molecule has 2 atom stereocenters. The number of carboxylic acids is 1. The molecular formula is C24H32ClNO6. The number of nitrogens with zero attached hydrogens (tertiary/aromatic N) is 1. The quantitative estimate of drug-likeness (QED) is 0.479. The van der Waals surface area contributed by atoms with Gasteiger partial charge < -0.3 is 19.3 Å². The van der Waals surface area contributed by atoms with Crippen LogP contribution in [0.4, 0.5) is 0 Å². The van der Waals surface area contributed by atoms with Gasteiger partial charge in [-0.15, -0.1) is 12.4 Å². The summed E-state index contributed by atoms with van der Waals surface area (Å²) in [6.45, 7) is 1.90. The molecule has 2 aromatic carbocycles. The predicted octanol–water partition coefficient (Wildman–Crippen LogP) is 3.62. The first-order valence-electron chi connectivity index (χ1n) is 10.2. The molecule has 0 aliphatic carbocycles. The zero-order chi connectivity index (χ0) is 22.8. The average molecular weight is 466 g/mol. The van der Waals surface area contributed by atoms with Crippen molar-refractivity contribution in [2.45, 2.75) is 38.3 Å². The van der Waals surface area contributed by atoms with Gasteiger partial charge in [0.05, 0.1) is 13.5 Å². The minimum Gasteiger partial charge on any atom is -0.497 e. The lowest BCUT2D eigenvalue weighted by atomic mass is 10.0. The summed E-state index contributed by atoms with van der Waals surface area (Å²) in [6.07, 6.45) is 0.794. The Labute approximate surface area is 195 Å². The van der Waals surface area contributed by atoms with Crippen molar-refractivity contribution in [3.05, 3.63) is 59.7 Å². The number of hydrogen-bond donors (Lipinski definition) is 1. The Morgan fingerprint density at radius 3 is 2.44 bits per heavy atom. The summed E-state index contributed by atoms with van der Waals surface area (Å²) >= 11 is 0. The number of rotatable bonds is 12. The van der Waals surface area contributed by atoms with Crippen LogP contribution >= 0.6 is 12.4 Å². The Morgan fingerprint density at radius 2 is 1.78 bits per heavy atom. The van der Waals surface area contributed by atoms with Crippen molar-refractivity contribution in [2.24, 2.45) is 0 Å². The lowest BCUT2D eigenvalue weighted by molar-refractivity contribution is -0.158. The number of halogens is 1. The van der Waals surface area contributed by atoms with Crippen LogP contribution in [0.2, 0.25) is 0 Å². The SMILES string of the molecule is COc1cccc(CCc2ccccc2OCC(C)OC(=O)C(CC(=O)O)N(C)C)c1.Cl. The van der Waals surface area contributed by atoms with Crippen LogP contribution in [-0.4, -0.2) is 61.9 Å². The lowest BCUT2D eigenvalue weighted by Crippen LogP contribution is -2.40. The van der Waals surface area contributed by atoms with Gasteiger partial charge in [0.1, 0.15) is 30.3 Å². The molecular weight excluding hydrogens is 434 g/mol. The predicted molar refractivity (Wildman–Crippen MR) is 125 cm³/mol. The molecule has 176 valence electrons. The maximum Gasteiger partial charge on any atom is 0.324 e. The molecule has 7 nitrogen and oxygen atoms in total. The summed E-state index contributed by atoms with van der Waals surface area (Å²) < 4.78 is 16.6. The second-order valence-corrected chi connectivity index (χ2v) is 7.60. The minimum absolute atomic E-state index is 0. The first-order valence-corrected chi connectivity index (χ1v) is 10.2. The monoisotopic (exact) mass is 465 g/mol. The Bertz CT molecular complexity index is 873. The van der Waals surface area contributed by atoms with Crippen molar-refractivity contribution in [1.29, 1.82) is 0 Å². The molecule has 0 aromatic heterocycles. The van der Waals surface area contributed by atoms with E-state index < -0.39 is 24.1 Å². The second kappa shape index (κ2) is 13.6. The van der Waals surface area contributed by atoms with Crippen LogP contribution in [0.25, 0.3) is 0 Å². The Kier molecular flexibility index (Phi) is 11.6. The van der Waals surface area contributed by atoms with Crippen molar-refractivity contribution >= 4 is 24.3 Å². The van der Waals surface area contributed by atoms with Crippen molar-refractivity contribution in [2.75, 3.05) is 27.8 Å². The molecule has 2 rings (SSSR count). The molecule has 0 bridgehead atoms. The molecule has 0 fully saturated rings. The highest BCUT2D eigenvalue weighted by atomic mass is 35.5. The number of carbonyl (C=O) groups is 2. The molecule has 0 aliphatic rings. The Balaban J connectivity index is 0.00000512. The summed E-state index contributed by atoms with van der Waals surface area (Å²) in [5.74, 6) is -0.0566. The number of aryl methyl sites for hydroxylation is 2. The highest BCUT2D eigenvalue weighted by Gasteiger charge is 2.27. The molecule has 2 unspecified atom stereocenters. The number of hydrogen-bond acceptors (Lipinski definition) is 6. The van der Waals surface area contributed by atoms with E-state index in [2.05, 4.69) is 6.07 Å². The maximum absolute atomic E-state index is 12.3. The van der Waals surface area contributed by atoms with Gasteiger partial charge >= 0.3 is 11.9 Å². The average Bonchev–Trinajstić information content (AvgIpc) is 2.74. The van der Waals surface area contributed by atoms with Crippen LogP contribution < -0.4 is 9.47 Å². The number of carbonyl (C=O) groups excluding carboxylic acids is 1. The van der Waals surface area contributed by atoms with E-state index in [0.29, 0.717) is 0 Å². The molecule has 0 aliphatic heterocycles. The first-order chi connectivity index (χ1) is 14.8. The minimum atomic E-state index is -1.05. The third-order valence-electron chi connectivity index (χ3n) is 4.84. The van der Waals surface area contributed by atoms with Gasteiger partial charge in [0.2, 0.25) is 0 Å². The second-order valence-electron chi connectivity index (χ2n) is 7.60. The third kappa shape index (κ3) is 8.77. The van der Waals surface area contributed by atoms with Gasteiger partial charge in [0.25, 0.3) is 0 Å². The van der Waals surface area contributed by atoms with Crippen molar-refractivity contribution in [3.8, 4) is 11.5 Å². The normalized spacial score (nSPS) is 12.4. The van der Waals surface area contributed by atoms with Gasteiger partial charge in [0, 0.05) is 0 Å². The van der Waals surface area contributed by atoms with Crippen LogP contribution in [0.15, 0.2) is 48.5 Å². The summed E-state index contributed by atoms with van der Waals surface area (Å²) in [4.78, 5) is 24.9. The molecule has 0 saturated carbocycles. The molecule has 2 aromatic rings. The fourth-order valence-corrected chi connectivity index (χ4v) is 3.12. The van der Waals surface area contributed by atoms with Crippen molar-refractivity contribution < 1.29 is 28.9 Å². The maximum atomic E-state index is 12.3. The van der Waals surface area contributed by atoms with E-state index in [-0.39, 0.29) is 25.4 Å². The topological polar surface area (TPSA) is 85.3 Å². The van der Waals surface area contributed by atoms with E-state index >= 15 is 0 Å². The van der Waals surface area contributed by atoms with Crippen LogP contribution in [0.3, 0.4) is 0 Å². The fourth-order valence-electron chi connectivity index (χ4n) is 3.12. The summed E-state index contributed by atoms with van der Waals surface area (Å²) in [6, 6.07) is 14.9. The molecule has 0 radical (unpaired) electrons. The molecule has 0 amide bonds. The highest BCUT2D eigenvalue weighted by molar-refractivity contribution is 5.85. The van der Waals surface area contributed by atoms with E-state index in [1.54, 1.807) is 28.1 Å². The fraction of sp³-hybridized carbons (Fsp3) is 0.417. The van der Waals surface area contributed by atoms with Crippen LogP contribution in [0.5, 0.6) is 11.5 Å². The van der Waals surface area contributed by atoms with Gasteiger partial charge in [-0.05, 0) is 63.2 Å². The summed E-state index contributed by atoms with van der Waals surface area (Å²) in [5.41, 5.74) is 2.23. The number of benzene rings is 2. The lowest BCUT2D eigenvalue weighted by Gasteiger charge is -2.23. The summed E-state index contributed by atoms with van der Waals surface area (Å²) in [7, 11) is 4.95. The molecule has 0 spiro atoms. The third-order valence-corrected chi connectivity index (χ3v) is 4.84. The standard InChI is InChI=1S/C24H31NO6.ClH/c1-17(31-24(28)21(25(2)3)15-23(26)27)16-30-22-11-6-5-9-19(22)13-12-18-8-7-10-20(14-18)29-4;/h5-11,14,17,21H,12-13,15-16H2,1-4H3,(H,26,27);1H. The van der Waals surface area contributed by atoms with Crippen molar-refractivity contribution in [1.82, 2.24) is 4.90 Å². The first kappa shape index (κ1) is 27.3. The number of likely N-dealkylation sites (N-methyl/N-ethyl adjacent to an activating group) is 1. The zero-order valence-electron chi connectivity index (χ0n) is 18.9. The largest absolute Gasteiger partial charge is 0.497 e. The van der Waals surface area contributed by atoms with E-state index in [0.717, 1.165) is 29.9 Å². The van der Waals surface area contributed by atoms with Crippen molar-refractivity contribution in [3.63, 3.8) is 0 Å². The van der Waals surface area contributed by atoms with Gasteiger partial charge in [-0.1, -0.05) is 30.3 Å². The van der Waals surface area contributed by atoms with Gasteiger partial charge in [0.15, 0.2) is 0 Å². The van der Waals surface area contributed by atoms with E-state index in [1.165, 1.54) is 10.5 Å². The van der Waals surface area contributed by atoms with Gasteiger partial charge in [-0.3, -0.25) is 14.5 Å². The number of methoxy groups -OCH3 is 1. The van der Waals surface area contributed by atoms with E-state index in [4.69, 9.17) is 19.3 Å². The number of para-hydroxylation sites is 1. The summed E-state index contributed by atoms with van der Waals surface area (Å²) in [5, 5.41) is 8.99. The number of ether oxygens (including phenoxy) is 3. The molecule has 0 saturated heterocycles. The number of esters is 1. The highest BCUT2D eigenvalue weighted by Crippen LogP contribution is 2.22. The van der Waals surface area contributed by atoms with Crippen LogP contribution in [0.1, 0.15) is 24.5 Å². The van der Waals surface area contributed by atoms with E-state index in [9.17, 15) is 9.59 Å². The smallest absolute Gasteiger partial charge is 0.324 e. The molecule has 32 heavy (non-hydrogen) atoms. The molecule has 8 heteroatoms. The van der Waals surface area contributed by atoms with E-state index in [1.807, 2.05) is 42.5 Å². The Morgan fingerprint density at radius 1 is 1.06 bits per heavy atom. The van der Waals surface area contributed by atoms with Crippen LogP contribution in [-0.2, 0) is 27.2 Å². The van der Waals surface area contributed by atoms with Gasteiger partial charge in [-0.25, -0.2) is 0 Å².